The monoisotopic (exact) mass is 364 g/mol. The molecule has 0 spiro atoms. The van der Waals surface area contributed by atoms with E-state index >= 15 is 0 Å². The highest BCUT2D eigenvalue weighted by molar-refractivity contribution is 5.23. The lowest BCUT2D eigenvalue weighted by Crippen LogP contribution is -2.25. The molecular formula is C23H31F3. The van der Waals surface area contributed by atoms with Gasteiger partial charge in [-0.15, -0.1) is 0 Å². The molecule has 3 rings (SSSR count). The van der Waals surface area contributed by atoms with Crippen molar-refractivity contribution in [2.75, 3.05) is 0 Å². The summed E-state index contributed by atoms with van der Waals surface area (Å²) in [6.45, 7) is 2.18. The van der Waals surface area contributed by atoms with Crippen molar-refractivity contribution in [3.63, 3.8) is 0 Å². The van der Waals surface area contributed by atoms with E-state index in [9.17, 15) is 13.2 Å². The summed E-state index contributed by atoms with van der Waals surface area (Å²) in [7, 11) is 0. The van der Waals surface area contributed by atoms with Gasteiger partial charge in [0, 0.05) is 0 Å². The van der Waals surface area contributed by atoms with Gasteiger partial charge in [0.15, 0.2) is 17.5 Å². The molecule has 0 aliphatic heterocycles. The molecule has 2 fully saturated rings. The fourth-order valence-electron chi connectivity index (χ4n) is 5.09. The zero-order chi connectivity index (χ0) is 18.5. The van der Waals surface area contributed by atoms with E-state index in [1.54, 1.807) is 0 Å². The average Bonchev–Trinajstić information content (AvgIpc) is 2.67. The van der Waals surface area contributed by atoms with Crippen molar-refractivity contribution in [2.45, 2.75) is 77.0 Å². The first-order chi connectivity index (χ1) is 12.6. The molecule has 1 aromatic carbocycles. The molecule has 2 aliphatic rings. The van der Waals surface area contributed by atoms with Gasteiger partial charge in [-0.25, -0.2) is 13.2 Å². The molecule has 0 saturated heterocycles. The Balaban J connectivity index is 1.48. The van der Waals surface area contributed by atoms with Crippen molar-refractivity contribution in [1.29, 1.82) is 0 Å². The van der Waals surface area contributed by atoms with E-state index in [1.165, 1.54) is 44.2 Å². The summed E-state index contributed by atoms with van der Waals surface area (Å²) >= 11 is 0. The van der Waals surface area contributed by atoms with Crippen LogP contribution in [0.3, 0.4) is 0 Å². The average molecular weight is 364 g/mol. The van der Waals surface area contributed by atoms with Crippen molar-refractivity contribution >= 4 is 0 Å². The van der Waals surface area contributed by atoms with Gasteiger partial charge in [0.05, 0.1) is 0 Å². The van der Waals surface area contributed by atoms with Crippen molar-refractivity contribution in [1.82, 2.24) is 0 Å². The summed E-state index contributed by atoms with van der Waals surface area (Å²) in [5.41, 5.74) is 0.631. The Morgan fingerprint density at radius 3 is 1.88 bits per heavy atom. The van der Waals surface area contributed by atoms with Crippen LogP contribution in [0.25, 0.3) is 0 Å². The number of hydrogen-bond donors (Lipinski definition) is 0. The molecule has 0 nitrogen and oxygen atoms in total. The van der Waals surface area contributed by atoms with Crippen molar-refractivity contribution in [3.05, 3.63) is 47.3 Å². The molecule has 144 valence electrons. The highest BCUT2D eigenvalue weighted by Gasteiger charge is 2.31. The lowest BCUT2D eigenvalue weighted by molar-refractivity contribution is 0.160. The molecule has 26 heavy (non-hydrogen) atoms. The van der Waals surface area contributed by atoms with Gasteiger partial charge in [-0.2, -0.15) is 0 Å². The SMILES string of the molecule is CC/C=C/C[C@H]1CC[C@H]([C@H]2CC[C@H](c3cc(F)c(F)c(F)c3)CC2)CC1. The number of halogens is 3. The summed E-state index contributed by atoms with van der Waals surface area (Å²) in [5, 5.41) is 0. The van der Waals surface area contributed by atoms with Crippen molar-refractivity contribution in [3.8, 4) is 0 Å². The second kappa shape index (κ2) is 9.10. The van der Waals surface area contributed by atoms with Crippen LogP contribution in [0.4, 0.5) is 13.2 Å². The highest BCUT2D eigenvalue weighted by atomic mass is 19.2. The first-order valence-corrected chi connectivity index (χ1v) is 10.4. The van der Waals surface area contributed by atoms with E-state index in [-0.39, 0.29) is 5.92 Å². The number of allylic oxidation sites excluding steroid dienone is 2. The van der Waals surface area contributed by atoms with E-state index in [0.717, 1.165) is 49.9 Å². The summed E-state index contributed by atoms with van der Waals surface area (Å²) in [4.78, 5) is 0. The smallest absolute Gasteiger partial charge is 0.194 e. The van der Waals surface area contributed by atoms with Crippen LogP contribution in [-0.2, 0) is 0 Å². The first kappa shape index (κ1) is 19.5. The third-order valence-electron chi connectivity index (χ3n) is 6.68. The first-order valence-electron chi connectivity index (χ1n) is 10.4. The fourth-order valence-corrected chi connectivity index (χ4v) is 5.09. The Labute approximate surface area is 155 Å². The van der Waals surface area contributed by atoms with Gasteiger partial charge in [0.1, 0.15) is 0 Å². The fraction of sp³-hybridized carbons (Fsp3) is 0.652. The molecule has 0 aromatic heterocycles. The maximum atomic E-state index is 13.5. The lowest BCUT2D eigenvalue weighted by atomic mass is 9.68. The molecule has 0 heterocycles. The van der Waals surface area contributed by atoms with E-state index in [0.29, 0.717) is 5.56 Å². The van der Waals surface area contributed by atoms with Crippen LogP contribution in [0.15, 0.2) is 24.3 Å². The quantitative estimate of drug-likeness (QED) is 0.374. The maximum Gasteiger partial charge on any atom is 0.194 e. The van der Waals surface area contributed by atoms with Crippen molar-refractivity contribution in [2.24, 2.45) is 17.8 Å². The van der Waals surface area contributed by atoms with Crippen LogP contribution in [-0.4, -0.2) is 0 Å². The molecule has 2 aliphatic carbocycles. The minimum absolute atomic E-state index is 0.173. The highest BCUT2D eigenvalue weighted by Crippen LogP contribution is 2.44. The largest absolute Gasteiger partial charge is 0.204 e. The topological polar surface area (TPSA) is 0 Å². The van der Waals surface area contributed by atoms with Gasteiger partial charge in [-0.05, 0) is 106 Å². The standard InChI is InChI=1S/C23H31F3/c1-2-3-4-5-16-6-8-17(9-7-16)18-10-12-19(13-11-18)20-14-21(24)23(26)22(25)15-20/h3-4,14-19H,2,5-13H2,1H3/b4-3+/t16-,17-,18-,19-. The second-order valence-electron chi connectivity index (χ2n) is 8.31. The number of hydrogen-bond acceptors (Lipinski definition) is 0. The van der Waals surface area contributed by atoms with E-state index in [4.69, 9.17) is 0 Å². The summed E-state index contributed by atoms with van der Waals surface area (Å²) < 4.78 is 40.1. The zero-order valence-corrected chi connectivity index (χ0v) is 15.8. The van der Waals surface area contributed by atoms with Gasteiger partial charge in [-0.1, -0.05) is 19.1 Å². The minimum atomic E-state index is -1.35. The van der Waals surface area contributed by atoms with Crippen LogP contribution in [0.5, 0.6) is 0 Å². The Kier molecular flexibility index (Phi) is 6.83. The molecule has 1 aromatic rings. The van der Waals surface area contributed by atoms with E-state index < -0.39 is 17.5 Å². The van der Waals surface area contributed by atoms with Gasteiger partial charge in [-0.3, -0.25) is 0 Å². The Morgan fingerprint density at radius 2 is 1.35 bits per heavy atom. The van der Waals surface area contributed by atoms with Crippen LogP contribution in [0.1, 0.15) is 82.6 Å². The number of rotatable bonds is 5. The van der Waals surface area contributed by atoms with Gasteiger partial charge in [0.2, 0.25) is 0 Å². The normalized spacial score (nSPS) is 30.0. The Bertz CT molecular complexity index is 583. The third kappa shape index (κ3) is 4.72. The molecule has 0 amide bonds. The van der Waals surface area contributed by atoms with Crippen LogP contribution < -0.4 is 0 Å². The predicted octanol–water partition coefficient (Wildman–Crippen LogP) is 7.54. The van der Waals surface area contributed by atoms with Crippen LogP contribution in [0.2, 0.25) is 0 Å². The van der Waals surface area contributed by atoms with Crippen LogP contribution in [0, 0.1) is 35.2 Å². The Morgan fingerprint density at radius 1 is 0.808 bits per heavy atom. The van der Waals surface area contributed by atoms with Gasteiger partial charge in [0.25, 0.3) is 0 Å². The Hall–Kier alpha value is -1.25. The van der Waals surface area contributed by atoms with Crippen LogP contribution >= 0.6 is 0 Å². The van der Waals surface area contributed by atoms with Gasteiger partial charge >= 0.3 is 0 Å². The third-order valence-corrected chi connectivity index (χ3v) is 6.68. The molecule has 0 atom stereocenters. The minimum Gasteiger partial charge on any atom is -0.204 e. The second-order valence-corrected chi connectivity index (χ2v) is 8.31. The van der Waals surface area contributed by atoms with E-state index in [1.807, 2.05) is 0 Å². The zero-order valence-electron chi connectivity index (χ0n) is 15.8. The molecule has 2 saturated carbocycles. The molecule has 3 heteroatoms. The molecule has 0 N–H and O–H groups in total. The number of benzene rings is 1. The summed E-state index contributed by atoms with van der Waals surface area (Å²) in [6.07, 6.45) is 16.5. The molecule has 0 bridgehead atoms. The van der Waals surface area contributed by atoms with Crippen molar-refractivity contribution < 1.29 is 13.2 Å². The molecule has 0 unspecified atom stereocenters. The van der Waals surface area contributed by atoms with Gasteiger partial charge < -0.3 is 0 Å². The summed E-state index contributed by atoms with van der Waals surface area (Å²) in [5.74, 6) is -0.859. The van der Waals surface area contributed by atoms with E-state index in [2.05, 4.69) is 19.1 Å². The maximum absolute atomic E-state index is 13.5. The molecular weight excluding hydrogens is 333 g/mol. The lowest BCUT2D eigenvalue weighted by Gasteiger charge is -2.38. The molecule has 0 radical (unpaired) electrons. The predicted molar refractivity (Wildman–Crippen MR) is 101 cm³/mol. The summed E-state index contributed by atoms with van der Waals surface area (Å²) in [6, 6.07) is 2.39.